The number of hydrazine groups is 1. The van der Waals surface area contributed by atoms with Gasteiger partial charge in [-0.3, -0.25) is 19.2 Å². The molecule has 0 radical (unpaired) electrons. The zero-order valence-electron chi connectivity index (χ0n) is 21.6. The molecule has 2 atom stereocenters. The standard InChI is InChI=1S/C26H32FN5O7/c1-2-3-5-10-20(15-29(18-33)39-17-19-8-6-4-7-9-19)25(35)32-22(13-14-30(32)26(36)37)24(34)28-23-12-11-21(27)16-31(23)38/h4,6-9,11-12,16,18,20,22,38H,2-3,5,10,13-15,17H2,1H3,(H,36,37)/t20-,22+/m1/s1. The maximum Gasteiger partial charge on any atom is 0.426 e. The van der Waals surface area contributed by atoms with Crippen LogP contribution >= 0.6 is 0 Å². The Morgan fingerprint density at radius 3 is 2.59 bits per heavy atom. The average Bonchev–Trinajstić information content (AvgIpc) is 3.38. The van der Waals surface area contributed by atoms with Crippen LogP contribution in [0, 0.1) is 11.7 Å². The number of rotatable bonds is 12. The van der Waals surface area contributed by atoms with E-state index in [1.165, 1.54) is 0 Å². The molecule has 2 heterocycles. The normalized spacial score (nSPS) is 16.3. The molecule has 210 valence electrons. The summed E-state index contributed by atoms with van der Waals surface area (Å²) in [6.45, 7) is 1.77. The molecule has 0 unspecified atom stereocenters. The van der Waals surface area contributed by atoms with Crippen LogP contribution in [0.2, 0.25) is 0 Å². The van der Waals surface area contributed by atoms with Crippen molar-refractivity contribution < 1.29 is 38.7 Å². The minimum absolute atomic E-state index is 0.0312. The Hall–Kier alpha value is -4.26. The molecule has 1 aromatic carbocycles. The predicted octanol–water partition coefficient (Wildman–Crippen LogP) is 2.57. The van der Waals surface area contributed by atoms with Gasteiger partial charge in [0, 0.05) is 6.54 Å². The van der Waals surface area contributed by atoms with Crippen molar-refractivity contribution in [3.63, 3.8) is 0 Å². The van der Waals surface area contributed by atoms with Crippen molar-refractivity contribution in [1.29, 1.82) is 0 Å². The molecule has 4 amide bonds. The summed E-state index contributed by atoms with van der Waals surface area (Å²) in [5.74, 6) is -3.20. The second kappa shape index (κ2) is 14.0. The van der Waals surface area contributed by atoms with Gasteiger partial charge in [-0.25, -0.2) is 24.3 Å². The van der Waals surface area contributed by atoms with Gasteiger partial charge in [-0.15, -0.1) is 0 Å². The number of unbranched alkanes of at least 4 members (excludes halogenated alkanes) is 2. The molecule has 1 fully saturated rings. The van der Waals surface area contributed by atoms with Gasteiger partial charge in [0.15, 0.2) is 5.49 Å². The van der Waals surface area contributed by atoms with E-state index >= 15 is 0 Å². The van der Waals surface area contributed by atoms with Crippen LogP contribution in [-0.4, -0.2) is 73.6 Å². The van der Waals surface area contributed by atoms with Gasteiger partial charge in [0.1, 0.15) is 18.5 Å². The molecule has 1 aliphatic rings. The molecule has 0 saturated carbocycles. The van der Waals surface area contributed by atoms with Gasteiger partial charge < -0.3 is 10.3 Å². The fourth-order valence-corrected chi connectivity index (χ4v) is 4.26. The maximum atomic E-state index is 13.8. The second-order valence-electron chi connectivity index (χ2n) is 9.05. The molecule has 3 rings (SSSR count). The predicted molar refractivity (Wildman–Crippen MR) is 134 cm³/mol. The fraction of sp³-hybridized carbons (Fsp3) is 0.423. The average molecular weight is 546 g/mol. The number of benzene rings is 1. The number of halogens is 1. The number of nitrogens with zero attached hydrogens (tertiary/aromatic N) is 5. The SMILES string of the molecule is CCCCC[C@H](CN(C=O)OCc1ccccc1)C(=O)N1[C@H](C(=O)N=c2ccc(F)cn2O)CCN1C(=O)O. The molecule has 1 saturated heterocycles. The monoisotopic (exact) mass is 545 g/mol. The maximum absolute atomic E-state index is 13.8. The Labute approximate surface area is 224 Å². The van der Waals surface area contributed by atoms with E-state index in [0.29, 0.717) is 30.2 Å². The molecule has 0 spiro atoms. The summed E-state index contributed by atoms with van der Waals surface area (Å²) in [6, 6.07) is 9.91. The molecular formula is C26H32FN5O7. The van der Waals surface area contributed by atoms with Crippen molar-refractivity contribution in [1.82, 2.24) is 19.8 Å². The Balaban J connectivity index is 1.85. The fourth-order valence-electron chi connectivity index (χ4n) is 4.26. The van der Waals surface area contributed by atoms with Crippen molar-refractivity contribution >= 4 is 24.3 Å². The Morgan fingerprint density at radius 1 is 1.21 bits per heavy atom. The van der Waals surface area contributed by atoms with Gasteiger partial charge in [0.25, 0.3) is 5.91 Å². The van der Waals surface area contributed by atoms with Gasteiger partial charge in [-0.2, -0.15) is 9.72 Å². The molecule has 39 heavy (non-hydrogen) atoms. The first-order valence-corrected chi connectivity index (χ1v) is 12.6. The topological polar surface area (TPSA) is 145 Å². The van der Waals surface area contributed by atoms with Crippen molar-refractivity contribution in [3.05, 3.63) is 65.5 Å². The van der Waals surface area contributed by atoms with E-state index < -0.39 is 35.7 Å². The highest BCUT2D eigenvalue weighted by atomic mass is 19.1. The van der Waals surface area contributed by atoms with E-state index in [-0.39, 0.29) is 31.6 Å². The first-order chi connectivity index (χ1) is 18.7. The molecule has 13 heteroatoms. The van der Waals surface area contributed by atoms with Crippen molar-refractivity contribution in [2.24, 2.45) is 10.9 Å². The summed E-state index contributed by atoms with van der Waals surface area (Å²) >= 11 is 0. The number of hydrogen-bond acceptors (Lipinski definition) is 6. The first kappa shape index (κ1) is 29.3. The van der Waals surface area contributed by atoms with Crippen LogP contribution in [0.3, 0.4) is 0 Å². The molecule has 1 aliphatic heterocycles. The zero-order valence-corrected chi connectivity index (χ0v) is 21.6. The van der Waals surface area contributed by atoms with Gasteiger partial charge in [-0.1, -0.05) is 56.5 Å². The highest BCUT2D eigenvalue weighted by molar-refractivity contribution is 5.91. The van der Waals surface area contributed by atoms with Gasteiger partial charge in [0.05, 0.1) is 18.7 Å². The lowest BCUT2D eigenvalue weighted by Crippen LogP contribution is -2.53. The number of pyridine rings is 1. The van der Waals surface area contributed by atoms with Gasteiger partial charge in [0.2, 0.25) is 12.3 Å². The molecule has 0 aliphatic carbocycles. The quantitative estimate of drug-likeness (QED) is 0.180. The molecule has 12 nitrogen and oxygen atoms in total. The number of carboxylic acid groups (broad SMARTS) is 1. The summed E-state index contributed by atoms with van der Waals surface area (Å²) in [7, 11) is 0. The largest absolute Gasteiger partial charge is 0.464 e. The van der Waals surface area contributed by atoms with E-state index in [0.717, 1.165) is 45.6 Å². The summed E-state index contributed by atoms with van der Waals surface area (Å²) < 4.78 is 13.6. The van der Waals surface area contributed by atoms with E-state index in [2.05, 4.69) is 4.99 Å². The number of aromatic nitrogens is 1. The number of carbonyl (C=O) groups excluding carboxylic acids is 3. The number of amides is 4. The second-order valence-corrected chi connectivity index (χ2v) is 9.05. The molecule has 2 N–H and O–H groups in total. The summed E-state index contributed by atoms with van der Waals surface area (Å²) in [6.07, 6.45) is 2.32. The third kappa shape index (κ3) is 7.87. The third-order valence-electron chi connectivity index (χ3n) is 6.26. The van der Waals surface area contributed by atoms with Crippen LogP contribution in [0.1, 0.15) is 44.6 Å². The minimum Gasteiger partial charge on any atom is -0.464 e. The van der Waals surface area contributed by atoms with Gasteiger partial charge in [-0.05, 0) is 30.5 Å². The summed E-state index contributed by atoms with van der Waals surface area (Å²) in [5, 5.41) is 22.2. The third-order valence-corrected chi connectivity index (χ3v) is 6.26. The molecule has 2 aromatic rings. The van der Waals surface area contributed by atoms with Crippen LogP contribution in [0.25, 0.3) is 0 Å². The minimum atomic E-state index is -1.43. The van der Waals surface area contributed by atoms with E-state index in [1.807, 2.05) is 37.3 Å². The highest BCUT2D eigenvalue weighted by Crippen LogP contribution is 2.25. The molecule has 1 aromatic heterocycles. The van der Waals surface area contributed by atoms with Crippen molar-refractivity contribution in [3.8, 4) is 0 Å². The summed E-state index contributed by atoms with van der Waals surface area (Å²) in [5.41, 5.74) is 0.521. The Kier molecular flexibility index (Phi) is 10.6. The van der Waals surface area contributed by atoms with Crippen LogP contribution in [0.5, 0.6) is 0 Å². The lowest BCUT2D eigenvalue weighted by molar-refractivity contribution is -0.185. The Morgan fingerprint density at radius 2 is 1.95 bits per heavy atom. The number of hydroxylamine groups is 2. The lowest BCUT2D eigenvalue weighted by atomic mass is 9.99. The lowest BCUT2D eigenvalue weighted by Gasteiger charge is -2.33. The summed E-state index contributed by atoms with van der Waals surface area (Å²) in [4.78, 5) is 60.0. The van der Waals surface area contributed by atoms with Crippen LogP contribution in [0.4, 0.5) is 9.18 Å². The van der Waals surface area contributed by atoms with E-state index in [4.69, 9.17) is 4.84 Å². The zero-order chi connectivity index (χ0) is 28.4. The van der Waals surface area contributed by atoms with Crippen molar-refractivity contribution in [2.45, 2.75) is 51.7 Å². The van der Waals surface area contributed by atoms with Gasteiger partial charge >= 0.3 is 6.09 Å². The first-order valence-electron chi connectivity index (χ1n) is 12.6. The van der Waals surface area contributed by atoms with Crippen LogP contribution in [0.15, 0.2) is 53.7 Å². The number of carbonyl (C=O) groups is 4. The molecule has 0 bridgehead atoms. The smallest absolute Gasteiger partial charge is 0.426 e. The van der Waals surface area contributed by atoms with Crippen LogP contribution in [-0.2, 0) is 25.8 Å². The van der Waals surface area contributed by atoms with Crippen LogP contribution < -0.4 is 5.49 Å². The Bertz CT molecular complexity index is 1220. The van der Waals surface area contributed by atoms with E-state index in [9.17, 15) is 33.9 Å². The van der Waals surface area contributed by atoms with E-state index in [1.54, 1.807) is 0 Å². The highest BCUT2D eigenvalue weighted by Gasteiger charge is 2.44. The molecular weight excluding hydrogens is 513 g/mol. The number of hydrogen-bond donors (Lipinski definition) is 2. The van der Waals surface area contributed by atoms with Crippen molar-refractivity contribution in [2.75, 3.05) is 13.1 Å².